The van der Waals surface area contributed by atoms with Crippen LogP contribution in [0.3, 0.4) is 0 Å². The second-order valence-electron chi connectivity index (χ2n) is 10.1. The third-order valence-electron chi connectivity index (χ3n) is 7.49. The van der Waals surface area contributed by atoms with Gasteiger partial charge in [0.2, 0.25) is 26.0 Å². The third kappa shape index (κ3) is 6.32. The molecule has 0 bridgehead atoms. The van der Waals surface area contributed by atoms with Crippen LogP contribution in [0, 0.1) is 0 Å². The summed E-state index contributed by atoms with van der Waals surface area (Å²) in [6, 6.07) is 31.6. The molecule has 4 aromatic carbocycles. The number of likely N-dealkylation sites (N-methyl/N-ethyl adjacent to an activating group) is 1. The summed E-state index contributed by atoms with van der Waals surface area (Å²) in [7, 11) is -6.66. The molecule has 1 aliphatic rings. The molecule has 1 aliphatic heterocycles. The van der Waals surface area contributed by atoms with E-state index in [2.05, 4.69) is 5.32 Å². The lowest BCUT2D eigenvalue weighted by Gasteiger charge is -2.38. The highest BCUT2D eigenvalue weighted by Crippen LogP contribution is 2.28. The molecule has 1 N–H and O–H groups in total. The molecular formula is C32H33N3O5S2. The van der Waals surface area contributed by atoms with Crippen molar-refractivity contribution in [1.29, 1.82) is 0 Å². The van der Waals surface area contributed by atoms with Gasteiger partial charge in [-0.05, 0) is 59.4 Å². The summed E-state index contributed by atoms with van der Waals surface area (Å²) < 4.78 is 57.1. The van der Waals surface area contributed by atoms with Gasteiger partial charge >= 0.3 is 0 Å². The molecule has 1 heterocycles. The highest BCUT2D eigenvalue weighted by atomic mass is 32.2. The molecule has 10 heteroatoms. The zero-order valence-electron chi connectivity index (χ0n) is 23.3. The topological polar surface area (TPSA) is 104 Å². The van der Waals surface area contributed by atoms with Crippen molar-refractivity contribution in [1.82, 2.24) is 13.9 Å². The fourth-order valence-corrected chi connectivity index (χ4v) is 8.24. The molecule has 0 radical (unpaired) electrons. The Morgan fingerprint density at radius 2 is 1.29 bits per heavy atom. The van der Waals surface area contributed by atoms with E-state index in [-0.39, 0.29) is 29.4 Å². The number of sulfonamides is 2. The van der Waals surface area contributed by atoms with Crippen LogP contribution in [-0.4, -0.2) is 64.1 Å². The van der Waals surface area contributed by atoms with Crippen LogP contribution >= 0.6 is 0 Å². The van der Waals surface area contributed by atoms with Crippen molar-refractivity contribution in [2.24, 2.45) is 0 Å². The number of piperazine rings is 1. The quantitative estimate of drug-likeness (QED) is 0.312. The van der Waals surface area contributed by atoms with Crippen LogP contribution < -0.4 is 5.32 Å². The highest BCUT2D eigenvalue weighted by molar-refractivity contribution is 7.89. The van der Waals surface area contributed by atoms with Crippen molar-refractivity contribution in [2.45, 2.75) is 28.7 Å². The van der Waals surface area contributed by atoms with Gasteiger partial charge in [0.25, 0.3) is 0 Å². The first kappa shape index (κ1) is 29.7. The molecule has 1 fully saturated rings. The molecular weight excluding hydrogens is 571 g/mol. The summed E-state index contributed by atoms with van der Waals surface area (Å²) in [6.07, 6.45) is 1.41. The number of hydrogen-bond donors (Lipinski definition) is 1. The molecule has 0 saturated carbocycles. The molecule has 4 aromatic rings. The Hall–Kier alpha value is -3.83. The lowest BCUT2D eigenvalue weighted by atomic mass is 10.0. The minimum absolute atomic E-state index is 0.0785. The van der Waals surface area contributed by atoms with Crippen LogP contribution in [0.5, 0.6) is 0 Å². The number of nitrogens with zero attached hydrogens (tertiary/aromatic N) is 2. The Kier molecular flexibility index (Phi) is 8.88. The fraction of sp³-hybridized carbons (Fsp3) is 0.219. The Bertz CT molecular complexity index is 1750. The molecule has 1 amide bonds. The number of hydrogen-bond acceptors (Lipinski definition) is 5. The predicted octanol–water partition coefficient (Wildman–Crippen LogP) is 3.95. The number of carbonyl (C=O) groups is 1. The van der Waals surface area contributed by atoms with Gasteiger partial charge in [0.05, 0.1) is 9.79 Å². The maximum Gasteiger partial charge on any atom is 0.243 e. The van der Waals surface area contributed by atoms with Gasteiger partial charge in [-0.15, -0.1) is 0 Å². The van der Waals surface area contributed by atoms with Crippen LogP contribution in [0.4, 0.5) is 0 Å². The standard InChI is InChI=1S/C32H33N3O5S2/c1-33-32(36)31-24-34(41(37,38)29-19-17-28(18-20-29)27-12-6-3-7-13-27)21-22-35(31)42(39,40)30-14-8-11-26(23-30)16-15-25-9-4-2-5-10-25/h2-14,17-20,23,31H,15-16,21-22,24H2,1H3,(H,33,36). The van der Waals surface area contributed by atoms with Gasteiger partial charge in [-0.1, -0.05) is 84.9 Å². The molecule has 5 rings (SSSR count). The average molecular weight is 604 g/mol. The zero-order chi connectivity index (χ0) is 29.7. The van der Waals surface area contributed by atoms with Gasteiger partial charge in [0.1, 0.15) is 6.04 Å². The molecule has 218 valence electrons. The summed E-state index contributed by atoms with van der Waals surface area (Å²) in [4.78, 5) is 13.1. The lowest BCUT2D eigenvalue weighted by molar-refractivity contribution is -0.125. The Balaban J connectivity index is 1.35. The third-order valence-corrected chi connectivity index (χ3v) is 11.3. The first-order chi connectivity index (χ1) is 20.2. The molecule has 1 saturated heterocycles. The van der Waals surface area contributed by atoms with Crippen molar-refractivity contribution in [3.63, 3.8) is 0 Å². The smallest absolute Gasteiger partial charge is 0.243 e. The maximum absolute atomic E-state index is 13.8. The zero-order valence-corrected chi connectivity index (χ0v) is 24.9. The number of aryl methyl sites for hydroxylation is 2. The first-order valence-electron chi connectivity index (χ1n) is 13.7. The number of rotatable bonds is 9. The second-order valence-corrected chi connectivity index (χ2v) is 14.0. The SMILES string of the molecule is CNC(=O)C1CN(S(=O)(=O)c2ccc(-c3ccccc3)cc2)CCN1S(=O)(=O)c1cccc(CCc2ccccc2)c1. The number of nitrogens with one attached hydrogen (secondary N) is 1. The molecule has 0 spiro atoms. The van der Waals surface area contributed by atoms with E-state index in [0.717, 1.165) is 33.0 Å². The summed E-state index contributed by atoms with van der Waals surface area (Å²) in [6.45, 7) is -0.533. The highest BCUT2D eigenvalue weighted by Gasteiger charge is 2.43. The minimum atomic E-state index is -4.09. The van der Waals surface area contributed by atoms with Crippen molar-refractivity contribution >= 4 is 26.0 Å². The predicted molar refractivity (Wildman–Crippen MR) is 163 cm³/mol. The first-order valence-corrected chi connectivity index (χ1v) is 16.6. The van der Waals surface area contributed by atoms with Crippen molar-refractivity contribution in [2.75, 3.05) is 26.7 Å². The summed E-state index contributed by atoms with van der Waals surface area (Å²) in [5, 5.41) is 2.51. The van der Waals surface area contributed by atoms with E-state index in [1.165, 1.54) is 29.6 Å². The fourth-order valence-electron chi connectivity index (χ4n) is 5.16. The van der Waals surface area contributed by atoms with Gasteiger partial charge in [-0.3, -0.25) is 4.79 Å². The molecule has 1 atom stereocenters. The van der Waals surface area contributed by atoms with E-state index in [1.807, 2.05) is 66.7 Å². The van der Waals surface area contributed by atoms with Crippen LogP contribution in [0.15, 0.2) is 119 Å². The number of benzene rings is 4. The van der Waals surface area contributed by atoms with Crippen LogP contribution in [0.1, 0.15) is 11.1 Å². The van der Waals surface area contributed by atoms with Crippen molar-refractivity contribution < 1.29 is 21.6 Å². The van der Waals surface area contributed by atoms with Gasteiger partial charge < -0.3 is 5.32 Å². The van der Waals surface area contributed by atoms with Crippen LogP contribution in [0.2, 0.25) is 0 Å². The monoisotopic (exact) mass is 603 g/mol. The molecule has 0 aromatic heterocycles. The van der Waals surface area contributed by atoms with Gasteiger partial charge in [0.15, 0.2) is 0 Å². The Morgan fingerprint density at radius 3 is 1.95 bits per heavy atom. The molecule has 42 heavy (non-hydrogen) atoms. The number of carbonyl (C=O) groups excluding carboxylic acids is 1. The summed E-state index contributed by atoms with van der Waals surface area (Å²) >= 11 is 0. The van der Waals surface area contributed by atoms with E-state index < -0.39 is 32.0 Å². The van der Waals surface area contributed by atoms with E-state index in [4.69, 9.17) is 0 Å². The molecule has 1 unspecified atom stereocenters. The second kappa shape index (κ2) is 12.6. The number of amides is 1. The summed E-state index contributed by atoms with van der Waals surface area (Å²) in [5.41, 5.74) is 3.85. The Morgan fingerprint density at radius 1 is 0.690 bits per heavy atom. The van der Waals surface area contributed by atoms with E-state index in [0.29, 0.717) is 6.42 Å². The van der Waals surface area contributed by atoms with Crippen molar-refractivity contribution in [3.8, 4) is 11.1 Å². The van der Waals surface area contributed by atoms with Crippen LogP contribution in [-0.2, 0) is 37.7 Å². The van der Waals surface area contributed by atoms with E-state index in [9.17, 15) is 21.6 Å². The maximum atomic E-state index is 13.8. The minimum Gasteiger partial charge on any atom is -0.358 e. The largest absolute Gasteiger partial charge is 0.358 e. The molecule has 0 aliphatic carbocycles. The molecule has 8 nitrogen and oxygen atoms in total. The van der Waals surface area contributed by atoms with Gasteiger partial charge in [-0.2, -0.15) is 8.61 Å². The normalized spacial score (nSPS) is 16.6. The van der Waals surface area contributed by atoms with Crippen LogP contribution in [0.25, 0.3) is 11.1 Å². The van der Waals surface area contributed by atoms with Gasteiger partial charge in [0, 0.05) is 26.7 Å². The lowest BCUT2D eigenvalue weighted by Crippen LogP contribution is -2.61. The van der Waals surface area contributed by atoms with Crippen molar-refractivity contribution in [3.05, 3.63) is 120 Å². The van der Waals surface area contributed by atoms with E-state index >= 15 is 0 Å². The summed E-state index contributed by atoms with van der Waals surface area (Å²) in [5.74, 6) is -0.571. The Labute approximate surface area is 247 Å². The average Bonchev–Trinajstić information content (AvgIpc) is 3.04. The van der Waals surface area contributed by atoms with Gasteiger partial charge in [-0.25, -0.2) is 16.8 Å². The van der Waals surface area contributed by atoms with E-state index in [1.54, 1.807) is 24.3 Å².